The topological polar surface area (TPSA) is 181 Å². The number of amides is 4. The largest absolute Gasteiger partial charge is 0.386 e. The molecule has 7 heterocycles. The lowest BCUT2D eigenvalue weighted by Crippen LogP contribution is -2.58. The van der Waals surface area contributed by atoms with Gasteiger partial charge in [0.05, 0.1) is 46.3 Å². The number of imide groups is 1. The highest BCUT2D eigenvalue weighted by atomic mass is 19.1. The van der Waals surface area contributed by atoms with Crippen LogP contribution in [0, 0.1) is 40.7 Å². The first-order valence-corrected chi connectivity index (χ1v) is 22.8. The summed E-state index contributed by atoms with van der Waals surface area (Å²) in [6.07, 6.45) is 9.65. The van der Waals surface area contributed by atoms with Crippen LogP contribution in [0.3, 0.4) is 0 Å². The fraction of sp³-hybridized carbons (Fsp3) is 0.479. The number of carbonyl (C=O) groups excluding carboxylic acids is 4. The molecule has 0 spiro atoms. The molecule has 5 aromatic rings. The minimum Gasteiger partial charge on any atom is -0.386 e. The molecule has 3 N–H and O–H groups in total. The quantitative estimate of drug-likeness (QED) is 0.157. The molecule has 65 heavy (non-hydrogen) atoms. The number of carbonyl (C=O) groups is 4. The number of likely N-dealkylation sites (tertiary alicyclic amines) is 2. The molecule has 0 unspecified atom stereocenters. The highest BCUT2D eigenvalue weighted by molar-refractivity contribution is 6.05. The van der Waals surface area contributed by atoms with E-state index >= 15 is 8.78 Å². The van der Waals surface area contributed by atoms with E-state index in [2.05, 4.69) is 31.4 Å². The number of rotatable bonds is 9. The number of aliphatic hydroxyl groups is 1. The van der Waals surface area contributed by atoms with Gasteiger partial charge < -0.3 is 20.2 Å². The van der Waals surface area contributed by atoms with Crippen LogP contribution >= 0.6 is 0 Å². The van der Waals surface area contributed by atoms with Gasteiger partial charge in [-0.15, -0.1) is 0 Å². The number of fused-ring (bicyclic) bond motifs is 2. The number of aromatic nitrogens is 4. The van der Waals surface area contributed by atoms with Crippen LogP contribution in [0.15, 0.2) is 54.9 Å². The van der Waals surface area contributed by atoms with Crippen LogP contribution < -0.4 is 15.5 Å². The highest BCUT2D eigenvalue weighted by Gasteiger charge is 2.42. The number of piperidine rings is 2. The summed E-state index contributed by atoms with van der Waals surface area (Å²) in [4.78, 5) is 57.1. The summed E-state index contributed by atoms with van der Waals surface area (Å²) in [5.74, 6) is -3.14. The van der Waals surface area contributed by atoms with Crippen LogP contribution in [0.1, 0.15) is 104 Å². The van der Waals surface area contributed by atoms with E-state index in [0.29, 0.717) is 64.7 Å². The lowest BCUT2D eigenvalue weighted by atomic mass is 9.77. The maximum absolute atomic E-state index is 15.1. The Morgan fingerprint density at radius 3 is 2.29 bits per heavy atom. The number of nitrogens with one attached hydrogen (secondary N) is 2. The summed E-state index contributed by atoms with van der Waals surface area (Å²) in [6.45, 7) is 7.74. The van der Waals surface area contributed by atoms with Crippen LogP contribution in [0.2, 0.25) is 0 Å². The van der Waals surface area contributed by atoms with Gasteiger partial charge in [-0.25, -0.2) is 13.3 Å². The Balaban J connectivity index is 0.686. The average molecular weight is 887 g/mol. The Kier molecular flexibility index (Phi) is 10.9. The van der Waals surface area contributed by atoms with E-state index in [1.807, 2.05) is 23.2 Å². The third-order valence-electron chi connectivity index (χ3n) is 14.7. The maximum Gasteiger partial charge on any atom is 0.274 e. The van der Waals surface area contributed by atoms with Crippen molar-refractivity contribution in [3.05, 3.63) is 88.9 Å². The normalized spacial score (nSPS) is 22.7. The standard InChI is InChI=1S/C48H52F2N10O5/c1-48(2,65)37-19-40-29(16-41(37)53-46(63)42-9-7-34-15-27(20-51)21-52-60(34)42)26-59(55-40)33-5-3-32(4-6-33)57-22-30(23-57)28-11-13-56(14-12-28)47(64)31-24-58(25-31)35-17-38(49)44(39(50)18-35)36-8-10-43(61)54-45(36)62/h7,9,15-19,21,26,28,30-33,36,65H,3-6,8,10-14,22-25H2,1-2H3,(H,53,63)(H,54,61,62)/t32?,33?,36-/m1/s1. The molecular weight excluding hydrogens is 835 g/mol. The fourth-order valence-corrected chi connectivity index (χ4v) is 10.9. The smallest absolute Gasteiger partial charge is 0.274 e. The number of hydrogen-bond acceptors (Lipinski definition) is 10. The van der Waals surface area contributed by atoms with Gasteiger partial charge in [-0.2, -0.15) is 15.5 Å². The Morgan fingerprint density at radius 1 is 0.908 bits per heavy atom. The Morgan fingerprint density at radius 2 is 1.62 bits per heavy atom. The van der Waals surface area contributed by atoms with Gasteiger partial charge in [-0.05, 0) is 113 Å². The predicted molar refractivity (Wildman–Crippen MR) is 236 cm³/mol. The van der Waals surface area contributed by atoms with Crippen molar-refractivity contribution in [3.8, 4) is 6.07 Å². The van der Waals surface area contributed by atoms with Gasteiger partial charge in [0, 0.05) is 85.8 Å². The minimum absolute atomic E-state index is 0.0303. The average Bonchev–Trinajstić information content (AvgIpc) is 3.87. The monoisotopic (exact) mass is 886 g/mol. The van der Waals surface area contributed by atoms with Gasteiger partial charge in [0.25, 0.3) is 5.91 Å². The summed E-state index contributed by atoms with van der Waals surface area (Å²) < 4.78 is 33.8. The third-order valence-corrected chi connectivity index (χ3v) is 14.7. The molecule has 1 saturated carbocycles. The summed E-state index contributed by atoms with van der Waals surface area (Å²) in [5, 5.41) is 35.6. The molecule has 1 aliphatic carbocycles. The van der Waals surface area contributed by atoms with Gasteiger partial charge in [-0.1, -0.05) is 0 Å². The van der Waals surface area contributed by atoms with Crippen molar-refractivity contribution in [3.63, 3.8) is 0 Å². The van der Waals surface area contributed by atoms with Crippen molar-refractivity contribution >= 4 is 51.4 Å². The van der Waals surface area contributed by atoms with Crippen molar-refractivity contribution in [1.29, 1.82) is 5.26 Å². The molecular formula is C48H52F2N10O5. The van der Waals surface area contributed by atoms with E-state index in [0.717, 1.165) is 75.6 Å². The van der Waals surface area contributed by atoms with E-state index in [1.165, 1.54) is 22.8 Å². The third kappa shape index (κ3) is 8.11. The number of hydrogen-bond donors (Lipinski definition) is 3. The molecule has 15 nitrogen and oxygen atoms in total. The molecule has 0 bridgehead atoms. The summed E-state index contributed by atoms with van der Waals surface area (Å²) in [6, 6.07) is 14.1. The van der Waals surface area contributed by atoms with Crippen molar-refractivity contribution in [2.45, 2.75) is 88.8 Å². The van der Waals surface area contributed by atoms with Crippen LogP contribution in [0.4, 0.5) is 20.2 Å². The molecule has 1 atom stereocenters. The zero-order valence-electron chi connectivity index (χ0n) is 36.5. The molecule has 2 aromatic carbocycles. The number of nitriles is 1. The van der Waals surface area contributed by atoms with E-state index in [1.54, 1.807) is 36.9 Å². The second-order valence-corrected chi connectivity index (χ2v) is 19.3. The molecule has 0 radical (unpaired) electrons. The molecule has 4 saturated heterocycles. The van der Waals surface area contributed by atoms with Gasteiger partial charge >= 0.3 is 0 Å². The summed E-state index contributed by atoms with van der Waals surface area (Å²) in [7, 11) is 0. The molecule has 5 aliphatic rings. The van der Waals surface area contributed by atoms with Crippen molar-refractivity contribution in [1.82, 2.24) is 34.5 Å². The van der Waals surface area contributed by atoms with Crippen LogP contribution in [-0.4, -0.2) is 103 Å². The van der Waals surface area contributed by atoms with E-state index in [9.17, 15) is 29.5 Å². The van der Waals surface area contributed by atoms with Gasteiger partial charge in [0.15, 0.2) is 0 Å². The second-order valence-electron chi connectivity index (χ2n) is 19.3. The highest BCUT2D eigenvalue weighted by Crippen LogP contribution is 2.40. The molecule has 4 amide bonds. The van der Waals surface area contributed by atoms with Crippen molar-refractivity contribution in [2.24, 2.45) is 17.8 Å². The Bertz CT molecular complexity index is 2740. The molecule has 17 heteroatoms. The maximum atomic E-state index is 15.1. The zero-order valence-corrected chi connectivity index (χ0v) is 36.5. The first-order valence-electron chi connectivity index (χ1n) is 22.8. The fourth-order valence-electron chi connectivity index (χ4n) is 10.9. The van der Waals surface area contributed by atoms with Gasteiger partial charge in [-0.3, -0.25) is 34.1 Å². The van der Waals surface area contributed by atoms with Crippen molar-refractivity contribution in [2.75, 3.05) is 49.5 Å². The van der Waals surface area contributed by atoms with Crippen LogP contribution in [-0.2, 0) is 20.0 Å². The molecule has 5 fully saturated rings. The molecule has 338 valence electrons. The lowest BCUT2D eigenvalue weighted by Gasteiger charge is -2.51. The zero-order chi connectivity index (χ0) is 45.3. The summed E-state index contributed by atoms with van der Waals surface area (Å²) >= 11 is 0. The number of anilines is 2. The Labute approximate surface area is 374 Å². The lowest BCUT2D eigenvalue weighted by molar-refractivity contribution is -0.138. The molecule has 3 aromatic heterocycles. The minimum atomic E-state index is -1.25. The Hall–Kier alpha value is -6.25. The summed E-state index contributed by atoms with van der Waals surface area (Å²) in [5.41, 5.74) is 1.89. The van der Waals surface area contributed by atoms with Gasteiger partial charge in [0.2, 0.25) is 17.7 Å². The molecule has 10 rings (SSSR count). The molecule has 4 aliphatic heterocycles. The van der Waals surface area contributed by atoms with Crippen LogP contribution in [0.25, 0.3) is 16.4 Å². The van der Waals surface area contributed by atoms with E-state index in [4.69, 9.17) is 5.10 Å². The SMILES string of the molecule is CC(C)(O)c1cc2nn(C3CCC(N4CC(C5CCN(C(=O)C6CN(c7cc(F)c([C@H]8CCC(=O)NC8=O)c(F)c7)C6)CC5)C4)CC3)cc2cc1NC(=O)c1ccc2cc(C#N)cnn12. The van der Waals surface area contributed by atoms with E-state index in [-0.39, 0.29) is 42.2 Å². The van der Waals surface area contributed by atoms with Crippen molar-refractivity contribution < 1.29 is 33.1 Å². The number of benzene rings is 2. The first kappa shape index (κ1) is 42.7. The first-order chi connectivity index (χ1) is 31.2. The number of nitrogens with zero attached hydrogens (tertiary/aromatic N) is 8. The predicted octanol–water partition coefficient (Wildman–Crippen LogP) is 5.62. The second kappa shape index (κ2) is 16.6. The van der Waals surface area contributed by atoms with E-state index < -0.39 is 35.0 Å². The number of halogens is 2. The van der Waals surface area contributed by atoms with Gasteiger partial charge in [0.1, 0.15) is 23.4 Å². The van der Waals surface area contributed by atoms with Crippen LogP contribution in [0.5, 0.6) is 0 Å².